The van der Waals surface area contributed by atoms with Gasteiger partial charge in [0.05, 0.1) is 35.5 Å². The quantitative estimate of drug-likeness (QED) is 0.377. The molecule has 9 nitrogen and oxygen atoms in total. The minimum Gasteiger partial charge on any atom is -0.497 e. The summed E-state index contributed by atoms with van der Waals surface area (Å²) in [7, 11) is 1.65. The molecule has 4 heterocycles. The molecule has 7 rings (SSSR count). The number of nitrogens with one attached hydrogen (secondary N) is 1. The Bertz CT molecular complexity index is 1870. The second kappa shape index (κ2) is 7.41. The van der Waals surface area contributed by atoms with Crippen molar-refractivity contribution in [3.63, 3.8) is 0 Å². The molecule has 0 unspecified atom stereocenters. The van der Waals surface area contributed by atoms with Gasteiger partial charge in [-0.3, -0.25) is 14.3 Å². The molecule has 0 bridgehead atoms. The van der Waals surface area contributed by atoms with Gasteiger partial charge in [-0.05, 0) is 48.6 Å². The van der Waals surface area contributed by atoms with E-state index in [1.807, 2.05) is 24.3 Å². The van der Waals surface area contributed by atoms with E-state index in [2.05, 4.69) is 9.97 Å². The highest BCUT2D eigenvalue weighted by Crippen LogP contribution is 2.46. The number of nitrogens with zero attached hydrogens (tertiary/aromatic N) is 3. The van der Waals surface area contributed by atoms with Crippen molar-refractivity contribution in [2.75, 3.05) is 7.11 Å². The van der Waals surface area contributed by atoms with Crippen LogP contribution >= 0.6 is 11.3 Å². The van der Waals surface area contributed by atoms with E-state index in [0.29, 0.717) is 48.9 Å². The van der Waals surface area contributed by atoms with Gasteiger partial charge < -0.3 is 13.6 Å². The Balaban J connectivity index is 1.57. The Morgan fingerprint density at radius 3 is 2.89 bits per heavy atom. The molecule has 1 aliphatic rings. The topological polar surface area (TPSA) is 116 Å². The number of rotatable bonds is 5. The summed E-state index contributed by atoms with van der Waals surface area (Å²) >= 11 is 1.34. The molecular formula is C25H18N4O5S. The van der Waals surface area contributed by atoms with Gasteiger partial charge in [0.2, 0.25) is 0 Å². The maximum Gasteiger partial charge on any atom is 0.417 e. The van der Waals surface area contributed by atoms with Gasteiger partial charge in [0.25, 0.3) is 5.56 Å². The SMILES string of the molecule is COc1ccc(-c2nc3sc4c(ccc5[nH]c(=O)oc54)c3c(=O)n2Cc2cnco2)c(C2CC2)c1. The summed E-state index contributed by atoms with van der Waals surface area (Å²) < 4.78 is 18.7. The standard InChI is InChI=1S/C25H18N4O5S/c1-32-13-4-5-15(17(8-13)12-2-3-12)22-28-23-19(24(30)29(22)10-14-9-26-11-33-14)16-6-7-18-20(21(16)35-23)34-25(31)27-18/h4-9,11-12H,2-3,10H2,1H3,(H,27,31). The summed E-state index contributed by atoms with van der Waals surface area (Å²) in [5.41, 5.74) is 2.83. The van der Waals surface area contributed by atoms with Crippen molar-refractivity contribution in [2.24, 2.45) is 0 Å². The summed E-state index contributed by atoms with van der Waals surface area (Å²) in [6.45, 7) is 0.187. The minimum atomic E-state index is -0.534. The molecule has 0 spiro atoms. The molecular weight excluding hydrogens is 468 g/mol. The molecule has 6 aromatic rings. The predicted octanol–water partition coefficient (Wildman–Crippen LogP) is 4.64. The number of fused-ring (bicyclic) bond motifs is 5. The molecule has 10 heteroatoms. The number of methoxy groups -OCH3 is 1. The lowest BCUT2D eigenvalue weighted by atomic mass is 10.0. The second-order valence-corrected chi connectivity index (χ2v) is 9.64. The first-order valence-corrected chi connectivity index (χ1v) is 12.0. The Kier molecular flexibility index (Phi) is 4.28. The first-order chi connectivity index (χ1) is 17.1. The summed E-state index contributed by atoms with van der Waals surface area (Å²) in [4.78, 5) is 38.1. The molecule has 1 aliphatic carbocycles. The van der Waals surface area contributed by atoms with Crippen LogP contribution in [0.4, 0.5) is 0 Å². The summed E-state index contributed by atoms with van der Waals surface area (Å²) in [5, 5.41) is 1.19. The van der Waals surface area contributed by atoms with Gasteiger partial charge in [0, 0.05) is 10.9 Å². The van der Waals surface area contributed by atoms with Gasteiger partial charge in [-0.15, -0.1) is 11.3 Å². The number of hydrogen-bond acceptors (Lipinski definition) is 8. The normalized spacial score (nSPS) is 13.9. The van der Waals surface area contributed by atoms with Gasteiger partial charge in [-0.2, -0.15) is 0 Å². The van der Waals surface area contributed by atoms with Crippen LogP contribution in [0, 0.1) is 0 Å². The van der Waals surface area contributed by atoms with E-state index in [4.69, 9.17) is 18.6 Å². The van der Waals surface area contributed by atoms with Crippen LogP contribution in [0.2, 0.25) is 0 Å². The van der Waals surface area contributed by atoms with Crippen LogP contribution in [-0.4, -0.2) is 26.6 Å². The first-order valence-electron chi connectivity index (χ1n) is 11.2. The fourth-order valence-electron chi connectivity index (χ4n) is 4.66. The molecule has 0 aliphatic heterocycles. The van der Waals surface area contributed by atoms with E-state index >= 15 is 0 Å². The van der Waals surface area contributed by atoms with Crippen molar-refractivity contribution < 1.29 is 13.6 Å². The van der Waals surface area contributed by atoms with E-state index in [-0.39, 0.29) is 12.1 Å². The molecule has 0 amide bonds. The van der Waals surface area contributed by atoms with Gasteiger partial charge in [0.1, 0.15) is 22.2 Å². The number of aromatic nitrogens is 4. The third-order valence-electron chi connectivity index (χ3n) is 6.46. The highest BCUT2D eigenvalue weighted by atomic mass is 32.1. The Morgan fingerprint density at radius 1 is 1.23 bits per heavy atom. The lowest BCUT2D eigenvalue weighted by molar-refractivity contribution is 0.414. The van der Waals surface area contributed by atoms with Crippen LogP contribution in [0.3, 0.4) is 0 Å². The zero-order valence-corrected chi connectivity index (χ0v) is 19.3. The zero-order valence-electron chi connectivity index (χ0n) is 18.5. The lowest BCUT2D eigenvalue weighted by Crippen LogP contribution is -2.24. The highest BCUT2D eigenvalue weighted by Gasteiger charge is 2.29. The highest BCUT2D eigenvalue weighted by molar-refractivity contribution is 7.26. The second-order valence-electron chi connectivity index (χ2n) is 8.64. The van der Waals surface area contributed by atoms with Gasteiger partial charge >= 0.3 is 5.76 Å². The Morgan fingerprint density at radius 2 is 2.11 bits per heavy atom. The molecule has 35 heavy (non-hydrogen) atoms. The molecule has 0 atom stereocenters. The number of H-pyrrole nitrogens is 1. The molecule has 4 aromatic heterocycles. The number of aromatic amines is 1. The van der Waals surface area contributed by atoms with Crippen LogP contribution in [0.5, 0.6) is 5.75 Å². The van der Waals surface area contributed by atoms with Crippen LogP contribution in [0.15, 0.2) is 61.3 Å². The van der Waals surface area contributed by atoms with E-state index in [9.17, 15) is 9.59 Å². The molecule has 174 valence electrons. The summed E-state index contributed by atoms with van der Waals surface area (Å²) in [5.74, 6) is 1.75. The third-order valence-corrected chi connectivity index (χ3v) is 7.56. The number of ether oxygens (including phenoxy) is 1. The number of benzene rings is 2. The molecule has 1 fully saturated rings. The van der Waals surface area contributed by atoms with Crippen LogP contribution in [0.1, 0.15) is 30.1 Å². The maximum atomic E-state index is 14.0. The van der Waals surface area contributed by atoms with Gasteiger partial charge in [0.15, 0.2) is 12.0 Å². The predicted molar refractivity (Wildman–Crippen MR) is 131 cm³/mol. The van der Waals surface area contributed by atoms with E-state index in [1.165, 1.54) is 17.7 Å². The largest absolute Gasteiger partial charge is 0.497 e. The molecule has 2 aromatic carbocycles. The van der Waals surface area contributed by atoms with E-state index in [0.717, 1.165) is 29.7 Å². The third kappa shape index (κ3) is 3.13. The Hall–Kier alpha value is -4.18. The van der Waals surface area contributed by atoms with E-state index in [1.54, 1.807) is 23.9 Å². The van der Waals surface area contributed by atoms with E-state index < -0.39 is 5.76 Å². The van der Waals surface area contributed by atoms with Crippen molar-refractivity contribution in [1.82, 2.24) is 19.5 Å². The van der Waals surface area contributed by atoms with Gasteiger partial charge in [-0.25, -0.2) is 14.8 Å². The van der Waals surface area contributed by atoms with Crippen molar-refractivity contribution in [1.29, 1.82) is 0 Å². The van der Waals surface area contributed by atoms with Crippen LogP contribution in [-0.2, 0) is 6.54 Å². The zero-order chi connectivity index (χ0) is 23.7. The maximum absolute atomic E-state index is 14.0. The van der Waals surface area contributed by atoms with Crippen molar-refractivity contribution in [2.45, 2.75) is 25.3 Å². The average molecular weight is 487 g/mol. The monoisotopic (exact) mass is 486 g/mol. The van der Waals surface area contributed by atoms with Crippen LogP contribution in [0.25, 0.3) is 42.8 Å². The summed E-state index contributed by atoms with van der Waals surface area (Å²) in [6.07, 6.45) is 5.11. The number of oxazole rings is 2. The Labute approximate surface area is 200 Å². The summed E-state index contributed by atoms with van der Waals surface area (Å²) in [6, 6.07) is 9.46. The molecule has 1 N–H and O–H groups in total. The van der Waals surface area contributed by atoms with Crippen LogP contribution < -0.4 is 16.1 Å². The molecule has 0 radical (unpaired) electrons. The molecule has 1 saturated carbocycles. The average Bonchev–Trinajstić information content (AvgIpc) is 3.25. The number of thiophene rings is 1. The van der Waals surface area contributed by atoms with Gasteiger partial charge in [-0.1, -0.05) is 6.07 Å². The smallest absolute Gasteiger partial charge is 0.417 e. The van der Waals surface area contributed by atoms with Crippen molar-refractivity contribution >= 4 is 42.7 Å². The fraction of sp³-hybridized carbons (Fsp3) is 0.200. The minimum absolute atomic E-state index is 0.187. The van der Waals surface area contributed by atoms with Crippen molar-refractivity contribution in [3.8, 4) is 17.1 Å². The molecule has 0 saturated heterocycles. The first kappa shape index (κ1) is 20.2. The number of hydrogen-bond donors (Lipinski definition) is 1. The lowest BCUT2D eigenvalue weighted by Gasteiger charge is -2.15. The van der Waals surface area contributed by atoms with Crippen molar-refractivity contribution in [3.05, 3.63) is 75.2 Å². The fourth-order valence-corrected chi connectivity index (χ4v) is 5.81.